The Kier molecular flexibility index (Phi) is 2.69. The van der Waals surface area contributed by atoms with Crippen LogP contribution in [0, 0.1) is 0 Å². The third kappa shape index (κ3) is 1.76. The minimum Gasteiger partial charge on any atom is -0.379 e. The second kappa shape index (κ2) is 4.37. The van der Waals surface area contributed by atoms with E-state index in [1.165, 1.54) is 48.1 Å². The van der Waals surface area contributed by atoms with Crippen molar-refractivity contribution in [2.75, 3.05) is 5.32 Å². The first-order valence-electron chi connectivity index (χ1n) is 8.11. The topological polar surface area (TPSA) is 12.0 Å². The summed E-state index contributed by atoms with van der Waals surface area (Å²) in [6.45, 7) is 4.87. The number of benzene rings is 2. The SMILES string of the molecule is CC12CCCCC1(C)c1cc(-c3ccccc3)ccc1N2. The first-order valence-corrected chi connectivity index (χ1v) is 8.11. The molecule has 2 atom stereocenters. The molecule has 2 unspecified atom stereocenters. The van der Waals surface area contributed by atoms with Gasteiger partial charge in [-0.25, -0.2) is 0 Å². The predicted molar refractivity (Wildman–Crippen MR) is 89.7 cm³/mol. The number of nitrogens with one attached hydrogen (secondary N) is 1. The first kappa shape index (κ1) is 12.9. The average molecular weight is 277 g/mol. The Morgan fingerprint density at radius 2 is 1.62 bits per heavy atom. The lowest BCUT2D eigenvalue weighted by atomic mass is 9.62. The van der Waals surface area contributed by atoms with Crippen molar-refractivity contribution in [2.45, 2.75) is 50.5 Å². The summed E-state index contributed by atoms with van der Waals surface area (Å²) in [7, 11) is 0. The van der Waals surface area contributed by atoms with Crippen LogP contribution in [-0.2, 0) is 5.41 Å². The lowest BCUT2D eigenvalue weighted by molar-refractivity contribution is 0.214. The highest BCUT2D eigenvalue weighted by Gasteiger charge is 2.52. The maximum atomic E-state index is 3.83. The van der Waals surface area contributed by atoms with Crippen LogP contribution in [0.2, 0.25) is 0 Å². The van der Waals surface area contributed by atoms with Crippen molar-refractivity contribution < 1.29 is 0 Å². The molecule has 1 nitrogen and oxygen atoms in total. The molecule has 2 aliphatic rings. The van der Waals surface area contributed by atoms with Crippen LogP contribution in [0.1, 0.15) is 45.1 Å². The van der Waals surface area contributed by atoms with Crippen LogP contribution in [0.25, 0.3) is 11.1 Å². The molecular formula is C20H23N. The molecule has 108 valence electrons. The summed E-state index contributed by atoms with van der Waals surface area (Å²) in [4.78, 5) is 0. The second-order valence-corrected chi connectivity index (χ2v) is 7.12. The van der Waals surface area contributed by atoms with Gasteiger partial charge in [0, 0.05) is 16.6 Å². The molecule has 2 aromatic carbocycles. The van der Waals surface area contributed by atoms with E-state index < -0.39 is 0 Å². The molecule has 0 radical (unpaired) electrons. The third-order valence-corrected chi connectivity index (χ3v) is 5.95. The fraction of sp³-hybridized carbons (Fsp3) is 0.400. The fourth-order valence-electron chi connectivity index (χ4n) is 4.36. The van der Waals surface area contributed by atoms with Crippen molar-refractivity contribution in [1.29, 1.82) is 0 Å². The predicted octanol–water partition coefficient (Wildman–Crippen LogP) is 5.37. The number of fused-ring (bicyclic) bond motifs is 3. The van der Waals surface area contributed by atoms with Gasteiger partial charge in [-0.15, -0.1) is 0 Å². The van der Waals surface area contributed by atoms with Gasteiger partial charge >= 0.3 is 0 Å². The van der Waals surface area contributed by atoms with Crippen LogP contribution in [-0.4, -0.2) is 5.54 Å². The highest BCUT2D eigenvalue weighted by molar-refractivity contribution is 5.73. The van der Waals surface area contributed by atoms with Gasteiger partial charge in [-0.1, -0.05) is 56.2 Å². The summed E-state index contributed by atoms with van der Waals surface area (Å²) >= 11 is 0. The molecule has 0 spiro atoms. The summed E-state index contributed by atoms with van der Waals surface area (Å²) in [5.74, 6) is 0. The van der Waals surface area contributed by atoms with Gasteiger partial charge in [-0.05, 0) is 48.6 Å². The van der Waals surface area contributed by atoms with E-state index in [1.807, 2.05) is 0 Å². The monoisotopic (exact) mass is 277 g/mol. The zero-order valence-corrected chi connectivity index (χ0v) is 12.9. The molecule has 1 fully saturated rings. The van der Waals surface area contributed by atoms with Gasteiger partial charge < -0.3 is 5.32 Å². The summed E-state index contributed by atoms with van der Waals surface area (Å²) in [5, 5.41) is 3.83. The zero-order chi connectivity index (χ0) is 14.5. The van der Waals surface area contributed by atoms with Crippen LogP contribution >= 0.6 is 0 Å². The van der Waals surface area contributed by atoms with Gasteiger partial charge in [-0.2, -0.15) is 0 Å². The van der Waals surface area contributed by atoms with E-state index in [4.69, 9.17) is 0 Å². The van der Waals surface area contributed by atoms with Gasteiger partial charge in [0.05, 0.1) is 0 Å². The molecule has 1 aliphatic carbocycles. The van der Waals surface area contributed by atoms with E-state index >= 15 is 0 Å². The van der Waals surface area contributed by atoms with Crippen molar-refractivity contribution in [3.05, 3.63) is 54.1 Å². The van der Waals surface area contributed by atoms with E-state index in [0.717, 1.165) is 0 Å². The molecule has 2 aromatic rings. The van der Waals surface area contributed by atoms with Gasteiger partial charge in [0.2, 0.25) is 0 Å². The molecule has 21 heavy (non-hydrogen) atoms. The molecular weight excluding hydrogens is 254 g/mol. The number of anilines is 1. The van der Waals surface area contributed by atoms with Crippen LogP contribution in [0.5, 0.6) is 0 Å². The van der Waals surface area contributed by atoms with E-state index in [1.54, 1.807) is 0 Å². The number of hydrogen-bond donors (Lipinski definition) is 1. The number of hydrogen-bond acceptors (Lipinski definition) is 1. The highest BCUT2D eigenvalue weighted by Crippen LogP contribution is 2.55. The van der Waals surface area contributed by atoms with E-state index in [-0.39, 0.29) is 11.0 Å². The molecule has 0 saturated heterocycles. The lowest BCUT2D eigenvalue weighted by Gasteiger charge is -2.45. The van der Waals surface area contributed by atoms with Crippen molar-refractivity contribution in [3.8, 4) is 11.1 Å². The van der Waals surface area contributed by atoms with Crippen molar-refractivity contribution >= 4 is 5.69 Å². The highest BCUT2D eigenvalue weighted by atomic mass is 15.0. The number of rotatable bonds is 1. The molecule has 1 aliphatic heterocycles. The Hall–Kier alpha value is -1.76. The van der Waals surface area contributed by atoms with E-state index in [2.05, 4.69) is 67.7 Å². The van der Waals surface area contributed by atoms with Gasteiger partial charge in [0.1, 0.15) is 0 Å². The summed E-state index contributed by atoms with van der Waals surface area (Å²) in [6, 6.07) is 17.7. The molecule has 1 saturated carbocycles. The van der Waals surface area contributed by atoms with Gasteiger partial charge in [0.15, 0.2) is 0 Å². The molecule has 1 heterocycles. The molecule has 1 N–H and O–H groups in total. The smallest absolute Gasteiger partial charge is 0.0440 e. The van der Waals surface area contributed by atoms with Crippen LogP contribution < -0.4 is 5.32 Å². The Balaban J connectivity index is 1.84. The molecule has 0 aromatic heterocycles. The molecule has 4 rings (SSSR count). The quantitative estimate of drug-likeness (QED) is 0.739. The van der Waals surface area contributed by atoms with Crippen LogP contribution in [0.3, 0.4) is 0 Å². The minimum absolute atomic E-state index is 0.225. The lowest BCUT2D eigenvalue weighted by Crippen LogP contribution is -2.50. The Bertz CT molecular complexity index is 675. The van der Waals surface area contributed by atoms with Gasteiger partial charge in [0.25, 0.3) is 0 Å². The summed E-state index contributed by atoms with van der Waals surface area (Å²) in [5.41, 5.74) is 6.02. The second-order valence-electron chi connectivity index (χ2n) is 7.12. The summed E-state index contributed by atoms with van der Waals surface area (Å²) < 4.78 is 0. The Labute approximate surface area is 127 Å². The van der Waals surface area contributed by atoms with Crippen molar-refractivity contribution in [1.82, 2.24) is 0 Å². The largest absolute Gasteiger partial charge is 0.379 e. The molecule has 0 amide bonds. The van der Waals surface area contributed by atoms with Crippen molar-refractivity contribution in [2.24, 2.45) is 0 Å². The molecule has 1 heteroatoms. The van der Waals surface area contributed by atoms with E-state index in [9.17, 15) is 0 Å². The Morgan fingerprint density at radius 3 is 2.43 bits per heavy atom. The third-order valence-electron chi connectivity index (χ3n) is 5.95. The molecule has 0 bridgehead atoms. The van der Waals surface area contributed by atoms with Gasteiger partial charge in [-0.3, -0.25) is 0 Å². The maximum Gasteiger partial charge on any atom is 0.0440 e. The normalized spacial score (nSPS) is 30.4. The van der Waals surface area contributed by atoms with E-state index in [0.29, 0.717) is 0 Å². The fourth-order valence-corrected chi connectivity index (χ4v) is 4.36. The van der Waals surface area contributed by atoms with Crippen LogP contribution in [0.4, 0.5) is 5.69 Å². The van der Waals surface area contributed by atoms with Crippen LogP contribution in [0.15, 0.2) is 48.5 Å². The van der Waals surface area contributed by atoms with Crippen molar-refractivity contribution in [3.63, 3.8) is 0 Å². The summed E-state index contributed by atoms with van der Waals surface area (Å²) in [6.07, 6.45) is 5.27. The Morgan fingerprint density at radius 1 is 0.857 bits per heavy atom. The average Bonchev–Trinajstić information content (AvgIpc) is 2.75. The zero-order valence-electron chi connectivity index (χ0n) is 12.9. The minimum atomic E-state index is 0.225. The standard InChI is InChI=1S/C20H23N/c1-19-12-6-7-13-20(19,2)21-18-11-10-16(14-17(18)19)15-8-4-3-5-9-15/h3-5,8-11,14,21H,6-7,12-13H2,1-2H3. The first-order chi connectivity index (χ1) is 10.1. The maximum absolute atomic E-state index is 3.83.